The fourth-order valence-electron chi connectivity index (χ4n) is 1.56. The van der Waals surface area contributed by atoms with Gasteiger partial charge in [0.2, 0.25) is 6.79 Å². The van der Waals surface area contributed by atoms with Gasteiger partial charge in [0.25, 0.3) is 0 Å². The maximum absolute atomic E-state index is 5.28. The molecule has 0 fully saturated rings. The highest BCUT2D eigenvalue weighted by Crippen LogP contribution is 2.35. The number of fused-ring (bicyclic) bond motifs is 2. The third-order valence-electron chi connectivity index (χ3n) is 2.25. The summed E-state index contributed by atoms with van der Waals surface area (Å²) < 4.78 is 11.4. The van der Waals surface area contributed by atoms with Crippen molar-refractivity contribution in [3.05, 3.63) is 28.9 Å². The first-order chi connectivity index (χ1) is 6.84. The second-order valence-electron chi connectivity index (χ2n) is 3.09. The lowest BCUT2D eigenvalue weighted by molar-refractivity contribution is 0.174. The van der Waals surface area contributed by atoms with Gasteiger partial charge in [-0.25, -0.2) is 0 Å². The lowest BCUT2D eigenvalue weighted by Gasteiger charge is -2.00. The van der Waals surface area contributed by atoms with Gasteiger partial charge in [-0.3, -0.25) is 0 Å². The second-order valence-corrected chi connectivity index (χ2v) is 3.53. The number of aromatic nitrogens is 1. The molecule has 1 aliphatic rings. The van der Waals surface area contributed by atoms with Crippen LogP contribution in [0.25, 0.3) is 10.9 Å². The topological polar surface area (TPSA) is 34.2 Å². The maximum Gasteiger partial charge on any atom is 0.231 e. The summed E-state index contributed by atoms with van der Waals surface area (Å²) in [6.07, 6.45) is 1.83. The van der Waals surface area contributed by atoms with Gasteiger partial charge in [0.15, 0.2) is 11.5 Å². The molecule has 2 heterocycles. The van der Waals surface area contributed by atoms with Crippen molar-refractivity contribution in [2.24, 2.45) is 0 Å². The molecule has 2 aromatic rings. The Morgan fingerprint density at radius 1 is 1.21 bits per heavy atom. The molecule has 4 heteroatoms. The first-order valence-corrected chi connectivity index (χ1v) is 4.66. The van der Waals surface area contributed by atoms with Gasteiger partial charge in [-0.05, 0) is 12.1 Å². The number of aromatic amines is 1. The van der Waals surface area contributed by atoms with Crippen molar-refractivity contribution in [2.75, 3.05) is 6.79 Å². The van der Waals surface area contributed by atoms with E-state index in [1.54, 1.807) is 0 Å². The van der Waals surface area contributed by atoms with Gasteiger partial charge in [0.05, 0.1) is 5.52 Å². The van der Waals surface area contributed by atoms with E-state index in [0.717, 1.165) is 26.9 Å². The quantitative estimate of drug-likeness (QED) is 0.671. The van der Waals surface area contributed by atoms with Crippen LogP contribution in [0.15, 0.2) is 24.4 Å². The second kappa shape index (κ2) is 2.72. The van der Waals surface area contributed by atoms with E-state index < -0.39 is 0 Å². The smallest absolute Gasteiger partial charge is 0.231 e. The van der Waals surface area contributed by atoms with Crippen LogP contribution in [0.4, 0.5) is 0 Å². The van der Waals surface area contributed by atoms with Crippen molar-refractivity contribution in [2.45, 2.75) is 0 Å². The molecule has 0 aliphatic carbocycles. The Bertz CT molecular complexity index is 562. The first kappa shape index (κ1) is 7.82. The molecule has 0 radical (unpaired) electrons. The minimum Gasteiger partial charge on any atom is -0.454 e. The number of H-pyrrole nitrogens is 1. The van der Waals surface area contributed by atoms with E-state index in [2.05, 4.69) is 4.98 Å². The molecule has 1 aromatic heterocycles. The van der Waals surface area contributed by atoms with Crippen LogP contribution < -0.4 is 9.47 Å². The molecular formula is C10H7NO2S. The van der Waals surface area contributed by atoms with Gasteiger partial charge in [0, 0.05) is 22.2 Å². The Hall–Kier alpha value is -1.55. The highest BCUT2D eigenvalue weighted by atomic mass is 32.1. The van der Waals surface area contributed by atoms with Crippen LogP contribution >= 0.6 is 12.2 Å². The van der Waals surface area contributed by atoms with Gasteiger partial charge < -0.3 is 14.5 Å². The molecule has 0 saturated heterocycles. The molecular weight excluding hydrogens is 198 g/mol. The Morgan fingerprint density at radius 2 is 2.00 bits per heavy atom. The van der Waals surface area contributed by atoms with Crippen molar-refractivity contribution in [3.8, 4) is 11.5 Å². The zero-order chi connectivity index (χ0) is 9.54. The van der Waals surface area contributed by atoms with Gasteiger partial charge in [-0.2, -0.15) is 0 Å². The van der Waals surface area contributed by atoms with Crippen LogP contribution in [-0.4, -0.2) is 11.8 Å². The van der Waals surface area contributed by atoms with E-state index in [4.69, 9.17) is 21.7 Å². The van der Waals surface area contributed by atoms with Gasteiger partial charge in [0.1, 0.15) is 0 Å². The third-order valence-corrected chi connectivity index (χ3v) is 2.61. The third kappa shape index (κ3) is 1.01. The maximum atomic E-state index is 5.28. The van der Waals surface area contributed by atoms with E-state index in [1.165, 1.54) is 0 Å². The predicted octanol–water partition coefficient (Wildman–Crippen LogP) is 2.63. The summed E-state index contributed by atoms with van der Waals surface area (Å²) in [7, 11) is 0. The van der Waals surface area contributed by atoms with Gasteiger partial charge >= 0.3 is 0 Å². The summed E-state index contributed by atoms with van der Waals surface area (Å²) in [5, 5.41) is 0.992. The Morgan fingerprint density at radius 3 is 2.86 bits per heavy atom. The molecule has 1 aliphatic heterocycles. The van der Waals surface area contributed by atoms with E-state index in [1.807, 2.05) is 24.4 Å². The van der Waals surface area contributed by atoms with Crippen molar-refractivity contribution in [3.63, 3.8) is 0 Å². The summed E-state index contributed by atoms with van der Waals surface area (Å²) in [5.74, 6) is 1.54. The standard InChI is InChI=1S/C10H7NO2S/c14-10-1-2-11-7-4-9-8(3-6(7)10)12-5-13-9/h1-4H,5H2,(H,11,14). The predicted molar refractivity (Wildman–Crippen MR) is 55.3 cm³/mol. The summed E-state index contributed by atoms with van der Waals surface area (Å²) in [4.78, 5) is 3.12. The van der Waals surface area contributed by atoms with Crippen LogP contribution in [0.2, 0.25) is 0 Å². The molecule has 0 atom stereocenters. The highest BCUT2D eigenvalue weighted by molar-refractivity contribution is 7.71. The van der Waals surface area contributed by atoms with Crippen molar-refractivity contribution < 1.29 is 9.47 Å². The zero-order valence-corrected chi connectivity index (χ0v) is 8.06. The lowest BCUT2D eigenvalue weighted by Crippen LogP contribution is -1.92. The van der Waals surface area contributed by atoms with Gasteiger partial charge in [-0.1, -0.05) is 12.2 Å². The monoisotopic (exact) mass is 205 g/mol. The van der Waals surface area contributed by atoms with Crippen molar-refractivity contribution >= 4 is 23.1 Å². The van der Waals surface area contributed by atoms with Gasteiger partial charge in [-0.15, -0.1) is 0 Å². The molecule has 0 spiro atoms. The Kier molecular flexibility index (Phi) is 1.52. The average Bonchev–Trinajstić information content (AvgIpc) is 2.62. The number of rotatable bonds is 0. The molecule has 3 rings (SSSR count). The molecule has 70 valence electrons. The molecule has 14 heavy (non-hydrogen) atoms. The molecule has 0 amide bonds. The zero-order valence-electron chi connectivity index (χ0n) is 7.24. The van der Waals surface area contributed by atoms with E-state index in [9.17, 15) is 0 Å². The average molecular weight is 205 g/mol. The van der Waals surface area contributed by atoms with Crippen LogP contribution in [0.3, 0.4) is 0 Å². The van der Waals surface area contributed by atoms with Crippen molar-refractivity contribution in [1.29, 1.82) is 0 Å². The summed E-state index contributed by atoms with van der Waals surface area (Å²) in [6, 6.07) is 5.68. The fraction of sp³-hybridized carbons (Fsp3) is 0.100. The molecule has 0 unspecified atom stereocenters. The molecule has 1 aromatic carbocycles. The van der Waals surface area contributed by atoms with E-state index >= 15 is 0 Å². The van der Waals surface area contributed by atoms with Crippen LogP contribution in [0.1, 0.15) is 0 Å². The molecule has 3 nitrogen and oxygen atoms in total. The number of nitrogens with one attached hydrogen (secondary N) is 1. The molecule has 0 saturated carbocycles. The van der Waals surface area contributed by atoms with Crippen LogP contribution in [0, 0.1) is 4.51 Å². The highest BCUT2D eigenvalue weighted by Gasteiger charge is 2.14. The number of benzene rings is 1. The Labute approximate surface area is 85.3 Å². The van der Waals surface area contributed by atoms with Crippen LogP contribution in [-0.2, 0) is 0 Å². The molecule has 1 N–H and O–H groups in total. The molecule has 0 bridgehead atoms. The minimum absolute atomic E-state index is 0.290. The normalized spacial score (nSPS) is 13.4. The summed E-state index contributed by atoms with van der Waals surface area (Å²) in [6.45, 7) is 0.290. The fourth-order valence-corrected chi connectivity index (χ4v) is 1.80. The number of pyridine rings is 1. The summed E-state index contributed by atoms with van der Waals surface area (Å²) in [5.41, 5.74) is 0.974. The Balaban J connectivity index is 2.45. The minimum atomic E-state index is 0.290. The SMILES string of the molecule is S=c1cc[nH]c2cc3c(cc12)OCO3. The number of hydrogen-bond donors (Lipinski definition) is 1. The van der Waals surface area contributed by atoms with Crippen molar-refractivity contribution in [1.82, 2.24) is 4.98 Å². The first-order valence-electron chi connectivity index (χ1n) is 4.26. The number of hydrogen-bond acceptors (Lipinski definition) is 3. The van der Waals surface area contributed by atoms with Crippen LogP contribution in [0.5, 0.6) is 11.5 Å². The largest absolute Gasteiger partial charge is 0.454 e. The summed E-state index contributed by atoms with van der Waals surface area (Å²) >= 11 is 5.21. The lowest BCUT2D eigenvalue weighted by atomic mass is 10.2. The van der Waals surface area contributed by atoms with E-state index in [0.29, 0.717) is 6.79 Å². The van der Waals surface area contributed by atoms with E-state index in [-0.39, 0.29) is 0 Å². The number of ether oxygens (including phenoxy) is 2.